The lowest BCUT2D eigenvalue weighted by atomic mass is 9.91. The minimum absolute atomic E-state index is 0.0458. The maximum Gasteiger partial charge on any atom is 0.240 e. The van der Waals surface area contributed by atoms with E-state index < -0.39 is 0 Å². The van der Waals surface area contributed by atoms with Crippen molar-refractivity contribution in [3.8, 4) is 0 Å². The summed E-state index contributed by atoms with van der Waals surface area (Å²) in [6, 6.07) is 16.4. The molecule has 0 saturated carbocycles. The molecular weight excluding hydrogens is 360 g/mol. The predicted octanol–water partition coefficient (Wildman–Crippen LogP) is 5.04. The first-order chi connectivity index (χ1) is 13.8. The number of rotatable bonds is 9. The Labute approximate surface area is 175 Å². The maximum atomic E-state index is 12.6. The topological polar surface area (TPSA) is 49.4 Å². The molecule has 2 rings (SSSR count). The SMILES string of the molecule is CC(=O)N(CC(=O)NCCCc1ccccc1)c1c(C(C)C)cccc1C(C)C. The lowest BCUT2D eigenvalue weighted by Gasteiger charge is -2.29. The van der Waals surface area contributed by atoms with Crippen LogP contribution in [0.2, 0.25) is 0 Å². The first kappa shape index (κ1) is 22.7. The van der Waals surface area contributed by atoms with E-state index in [4.69, 9.17) is 0 Å². The van der Waals surface area contributed by atoms with Gasteiger partial charge in [0.1, 0.15) is 6.54 Å². The molecule has 2 aromatic carbocycles. The van der Waals surface area contributed by atoms with Crippen LogP contribution in [0.4, 0.5) is 5.69 Å². The molecule has 0 fully saturated rings. The molecule has 0 spiro atoms. The molecule has 1 N–H and O–H groups in total. The summed E-state index contributed by atoms with van der Waals surface area (Å²) in [5.74, 6) is 0.292. The Morgan fingerprint density at radius 3 is 2.00 bits per heavy atom. The zero-order valence-electron chi connectivity index (χ0n) is 18.4. The lowest BCUT2D eigenvalue weighted by Crippen LogP contribution is -2.41. The van der Waals surface area contributed by atoms with Gasteiger partial charge < -0.3 is 10.2 Å². The van der Waals surface area contributed by atoms with E-state index in [1.807, 2.05) is 24.3 Å². The first-order valence-electron chi connectivity index (χ1n) is 10.5. The molecule has 156 valence electrons. The number of nitrogens with one attached hydrogen (secondary N) is 1. The number of aryl methyl sites for hydroxylation is 1. The zero-order valence-corrected chi connectivity index (χ0v) is 18.4. The molecule has 4 heteroatoms. The number of carbonyl (C=O) groups is 2. The van der Waals surface area contributed by atoms with Gasteiger partial charge in [0.05, 0.1) is 5.69 Å². The van der Waals surface area contributed by atoms with Gasteiger partial charge in [0.15, 0.2) is 0 Å². The zero-order chi connectivity index (χ0) is 21.4. The highest BCUT2D eigenvalue weighted by atomic mass is 16.2. The van der Waals surface area contributed by atoms with Gasteiger partial charge in [0.25, 0.3) is 0 Å². The van der Waals surface area contributed by atoms with E-state index in [0.29, 0.717) is 6.54 Å². The summed E-state index contributed by atoms with van der Waals surface area (Å²) >= 11 is 0. The molecule has 4 nitrogen and oxygen atoms in total. The highest BCUT2D eigenvalue weighted by molar-refractivity contribution is 5.99. The van der Waals surface area contributed by atoms with Crippen LogP contribution in [0.3, 0.4) is 0 Å². The summed E-state index contributed by atoms with van der Waals surface area (Å²) in [5, 5.41) is 2.97. The monoisotopic (exact) mass is 394 g/mol. The van der Waals surface area contributed by atoms with Crippen molar-refractivity contribution in [3.63, 3.8) is 0 Å². The fraction of sp³-hybridized carbons (Fsp3) is 0.440. The Hall–Kier alpha value is -2.62. The number of benzene rings is 2. The lowest BCUT2D eigenvalue weighted by molar-refractivity contribution is -0.123. The average molecular weight is 395 g/mol. The van der Waals surface area contributed by atoms with Crippen LogP contribution in [0.15, 0.2) is 48.5 Å². The maximum absolute atomic E-state index is 12.6. The number of hydrogen-bond acceptors (Lipinski definition) is 2. The molecule has 0 heterocycles. The van der Waals surface area contributed by atoms with Gasteiger partial charge in [-0.25, -0.2) is 0 Å². The van der Waals surface area contributed by atoms with Crippen LogP contribution in [0, 0.1) is 0 Å². The molecule has 0 atom stereocenters. The summed E-state index contributed by atoms with van der Waals surface area (Å²) < 4.78 is 0. The molecule has 0 aliphatic rings. The Bertz CT molecular complexity index is 787. The van der Waals surface area contributed by atoms with Gasteiger partial charge in [-0.05, 0) is 41.4 Å². The van der Waals surface area contributed by atoms with Crippen LogP contribution in [-0.4, -0.2) is 24.9 Å². The van der Waals surface area contributed by atoms with Crippen molar-refractivity contribution in [1.82, 2.24) is 5.32 Å². The second kappa shape index (κ2) is 10.8. The van der Waals surface area contributed by atoms with Gasteiger partial charge in [-0.2, -0.15) is 0 Å². The summed E-state index contributed by atoms with van der Waals surface area (Å²) in [4.78, 5) is 26.7. The molecule has 0 aliphatic heterocycles. The standard InChI is InChI=1S/C25H34N2O2/c1-18(2)22-14-9-15-23(19(3)4)25(22)27(20(5)28)17-24(29)26-16-10-13-21-11-7-6-8-12-21/h6-9,11-12,14-15,18-19H,10,13,16-17H2,1-5H3,(H,26,29). The Kier molecular flexibility index (Phi) is 8.44. The highest BCUT2D eigenvalue weighted by Gasteiger charge is 2.23. The molecule has 2 aromatic rings. The number of hydrogen-bond donors (Lipinski definition) is 1. The normalized spacial score (nSPS) is 11.0. The van der Waals surface area contributed by atoms with Crippen molar-refractivity contribution in [2.24, 2.45) is 0 Å². The van der Waals surface area contributed by atoms with Crippen LogP contribution in [0.1, 0.15) is 69.6 Å². The largest absolute Gasteiger partial charge is 0.355 e. The average Bonchev–Trinajstić information content (AvgIpc) is 2.69. The Morgan fingerprint density at radius 2 is 1.48 bits per heavy atom. The number of amides is 2. The van der Waals surface area contributed by atoms with E-state index in [1.54, 1.807) is 4.90 Å². The molecule has 0 radical (unpaired) electrons. The van der Waals surface area contributed by atoms with Crippen molar-refractivity contribution >= 4 is 17.5 Å². The predicted molar refractivity (Wildman–Crippen MR) is 120 cm³/mol. The Morgan fingerprint density at radius 1 is 0.897 bits per heavy atom. The van der Waals surface area contributed by atoms with Crippen LogP contribution in [-0.2, 0) is 16.0 Å². The molecule has 0 saturated heterocycles. The van der Waals surface area contributed by atoms with Crippen LogP contribution < -0.4 is 10.2 Å². The van der Waals surface area contributed by atoms with E-state index in [-0.39, 0.29) is 30.2 Å². The van der Waals surface area contributed by atoms with Crippen LogP contribution in [0.25, 0.3) is 0 Å². The van der Waals surface area contributed by atoms with Crippen molar-refractivity contribution in [3.05, 3.63) is 65.2 Å². The molecule has 0 aromatic heterocycles. The summed E-state index contributed by atoms with van der Waals surface area (Å²) in [6.45, 7) is 10.6. The second-order valence-corrected chi connectivity index (χ2v) is 8.14. The first-order valence-corrected chi connectivity index (χ1v) is 10.5. The summed E-state index contributed by atoms with van der Waals surface area (Å²) in [5.41, 5.74) is 4.36. The Balaban J connectivity index is 2.08. The van der Waals surface area contributed by atoms with Gasteiger partial charge >= 0.3 is 0 Å². The number of para-hydroxylation sites is 1. The van der Waals surface area contributed by atoms with Crippen molar-refractivity contribution in [1.29, 1.82) is 0 Å². The van der Waals surface area contributed by atoms with E-state index in [9.17, 15) is 9.59 Å². The van der Waals surface area contributed by atoms with Gasteiger partial charge in [0, 0.05) is 13.5 Å². The summed E-state index contributed by atoms with van der Waals surface area (Å²) in [6.07, 6.45) is 1.79. The van der Waals surface area contributed by atoms with E-state index in [1.165, 1.54) is 12.5 Å². The fourth-order valence-electron chi connectivity index (χ4n) is 3.54. The van der Waals surface area contributed by atoms with E-state index in [0.717, 1.165) is 29.7 Å². The minimum atomic E-state index is -0.124. The quantitative estimate of drug-likeness (QED) is 0.606. The molecule has 2 amide bonds. The second-order valence-electron chi connectivity index (χ2n) is 8.14. The van der Waals surface area contributed by atoms with Gasteiger partial charge in [-0.1, -0.05) is 76.2 Å². The van der Waals surface area contributed by atoms with Gasteiger partial charge in [-0.3, -0.25) is 9.59 Å². The molecule has 0 unspecified atom stereocenters. The smallest absolute Gasteiger partial charge is 0.240 e. The number of carbonyl (C=O) groups excluding carboxylic acids is 2. The molecular formula is C25H34N2O2. The third-order valence-corrected chi connectivity index (χ3v) is 5.10. The number of nitrogens with zero attached hydrogens (tertiary/aromatic N) is 1. The molecule has 0 aliphatic carbocycles. The number of anilines is 1. The molecule has 29 heavy (non-hydrogen) atoms. The van der Waals surface area contributed by atoms with Gasteiger partial charge in [-0.15, -0.1) is 0 Å². The van der Waals surface area contributed by atoms with Crippen molar-refractivity contribution in [2.75, 3.05) is 18.0 Å². The van der Waals surface area contributed by atoms with Gasteiger partial charge in [0.2, 0.25) is 11.8 Å². The van der Waals surface area contributed by atoms with Crippen molar-refractivity contribution in [2.45, 2.75) is 59.3 Å². The third kappa shape index (κ3) is 6.45. The van der Waals surface area contributed by atoms with Crippen molar-refractivity contribution < 1.29 is 9.59 Å². The fourth-order valence-corrected chi connectivity index (χ4v) is 3.54. The third-order valence-electron chi connectivity index (χ3n) is 5.10. The van der Waals surface area contributed by atoms with Crippen LogP contribution in [0.5, 0.6) is 0 Å². The molecule has 0 bridgehead atoms. The summed E-state index contributed by atoms with van der Waals surface area (Å²) in [7, 11) is 0. The van der Waals surface area contributed by atoms with Crippen LogP contribution >= 0.6 is 0 Å². The highest BCUT2D eigenvalue weighted by Crippen LogP contribution is 2.35. The van der Waals surface area contributed by atoms with E-state index >= 15 is 0 Å². The van der Waals surface area contributed by atoms with E-state index in [2.05, 4.69) is 57.3 Å². The minimum Gasteiger partial charge on any atom is -0.355 e.